The number of hydrogen-bond acceptors (Lipinski definition) is 5. The lowest BCUT2D eigenvalue weighted by Gasteiger charge is -2.10. The van der Waals surface area contributed by atoms with Crippen LogP contribution in [0.5, 0.6) is 11.5 Å². The fraction of sp³-hybridized carbons (Fsp3) is 0. The average Bonchev–Trinajstić information content (AvgIpc) is 3.19. The summed E-state index contributed by atoms with van der Waals surface area (Å²) in [7, 11) is 0. The van der Waals surface area contributed by atoms with Gasteiger partial charge >= 0.3 is 6.01 Å². The molecule has 0 saturated carbocycles. The van der Waals surface area contributed by atoms with Gasteiger partial charge in [0.1, 0.15) is 5.75 Å². The third-order valence-corrected chi connectivity index (χ3v) is 3.85. The van der Waals surface area contributed by atoms with Crippen molar-refractivity contribution in [3.8, 4) is 23.0 Å². The Kier molecular flexibility index (Phi) is 4.79. The van der Waals surface area contributed by atoms with Gasteiger partial charge in [-0.15, -0.1) is 5.10 Å². The van der Waals surface area contributed by atoms with Crippen molar-refractivity contribution in [3.63, 3.8) is 0 Å². The molecule has 0 spiro atoms. The van der Waals surface area contributed by atoms with E-state index in [1.165, 1.54) is 12.1 Å². The smallest absolute Gasteiger partial charge is 0.322 e. The van der Waals surface area contributed by atoms with Crippen LogP contribution in [0.4, 0.5) is 10.4 Å². The molecule has 28 heavy (non-hydrogen) atoms. The number of anilines is 1. The summed E-state index contributed by atoms with van der Waals surface area (Å²) in [5, 5.41) is 10.3. The normalized spacial score (nSPS) is 10.5. The summed E-state index contributed by atoms with van der Waals surface area (Å²) >= 11 is 0. The summed E-state index contributed by atoms with van der Waals surface area (Å²) < 4.78 is 24.9. The van der Waals surface area contributed by atoms with E-state index in [0.29, 0.717) is 0 Å². The zero-order valence-corrected chi connectivity index (χ0v) is 14.5. The maximum absolute atomic E-state index is 13.9. The molecule has 4 aromatic rings. The maximum Gasteiger partial charge on any atom is 0.322 e. The van der Waals surface area contributed by atoms with Crippen molar-refractivity contribution in [1.29, 1.82) is 0 Å². The number of hydrogen-bond donors (Lipinski definition) is 1. The minimum atomic E-state index is -0.526. The molecule has 1 N–H and O–H groups in total. The highest BCUT2D eigenvalue weighted by molar-refractivity contribution is 6.05. The van der Waals surface area contributed by atoms with Gasteiger partial charge in [0.05, 0.1) is 5.56 Å². The van der Waals surface area contributed by atoms with E-state index in [9.17, 15) is 9.18 Å². The summed E-state index contributed by atoms with van der Waals surface area (Å²) in [6.45, 7) is 0. The molecule has 1 amide bonds. The van der Waals surface area contributed by atoms with Crippen molar-refractivity contribution < 1.29 is 18.3 Å². The number of nitrogens with zero attached hydrogens (tertiary/aromatic N) is 2. The second-order valence-electron chi connectivity index (χ2n) is 5.76. The van der Waals surface area contributed by atoms with Gasteiger partial charge in [-0.2, -0.15) is 0 Å². The van der Waals surface area contributed by atoms with Crippen molar-refractivity contribution in [2.75, 3.05) is 5.32 Å². The van der Waals surface area contributed by atoms with E-state index < -0.39 is 11.7 Å². The monoisotopic (exact) mass is 375 g/mol. The standard InChI is InChI=1S/C21H14FN3O3/c22-16-11-5-7-13-18(16)27-17-12-6-4-10-15(17)19(26)23-21-25-24-20(28-21)14-8-2-1-3-9-14/h1-13H,(H,23,25,26). The molecule has 138 valence electrons. The number of halogens is 1. The SMILES string of the molecule is O=C(Nc1nnc(-c2ccccc2)o1)c1ccccc1Oc1ccccc1F. The number of carbonyl (C=O) groups excluding carboxylic acids is 1. The van der Waals surface area contributed by atoms with Crippen LogP contribution in [0.3, 0.4) is 0 Å². The predicted molar refractivity (Wildman–Crippen MR) is 101 cm³/mol. The van der Waals surface area contributed by atoms with E-state index >= 15 is 0 Å². The third-order valence-electron chi connectivity index (χ3n) is 3.85. The van der Waals surface area contributed by atoms with Crippen LogP contribution in [-0.2, 0) is 0 Å². The van der Waals surface area contributed by atoms with Gasteiger partial charge in [0.15, 0.2) is 11.6 Å². The second-order valence-corrected chi connectivity index (χ2v) is 5.76. The van der Waals surface area contributed by atoms with Crippen LogP contribution in [0.15, 0.2) is 83.3 Å². The van der Waals surface area contributed by atoms with Gasteiger partial charge < -0.3 is 9.15 Å². The average molecular weight is 375 g/mol. The third kappa shape index (κ3) is 3.73. The van der Waals surface area contributed by atoms with Crippen LogP contribution in [0.2, 0.25) is 0 Å². The van der Waals surface area contributed by atoms with Crippen molar-refractivity contribution in [1.82, 2.24) is 10.2 Å². The lowest BCUT2D eigenvalue weighted by Crippen LogP contribution is -2.13. The molecule has 0 atom stereocenters. The van der Waals surface area contributed by atoms with E-state index in [1.807, 2.05) is 30.3 Å². The minimum Gasteiger partial charge on any atom is -0.453 e. The first-order valence-corrected chi connectivity index (χ1v) is 8.42. The van der Waals surface area contributed by atoms with E-state index in [4.69, 9.17) is 9.15 Å². The number of carbonyl (C=O) groups is 1. The van der Waals surface area contributed by atoms with E-state index in [2.05, 4.69) is 15.5 Å². The lowest BCUT2D eigenvalue weighted by atomic mass is 10.2. The van der Waals surface area contributed by atoms with Crippen LogP contribution in [0, 0.1) is 5.82 Å². The van der Waals surface area contributed by atoms with Crippen LogP contribution in [-0.4, -0.2) is 16.1 Å². The molecule has 3 aromatic carbocycles. The Morgan fingerprint density at radius 3 is 2.32 bits per heavy atom. The number of amides is 1. The first kappa shape index (κ1) is 17.4. The topological polar surface area (TPSA) is 77.3 Å². The number of benzene rings is 3. The molecule has 7 heteroatoms. The molecule has 1 heterocycles. The highest BCUT2D eigenvalue weighted by Gasteiger charge is 2.17. The molecular weight excluding hydrogens is 361 g/mol. The summed E-state index contributed by atoms with van der Waals surface area (Å²) in [5.74, 6) is -0.538. The first-order chi connectivity index (χ1) is 13.7. The predicted octanol–water partition coefficient (Wildman–Crippen LogP) is 4.92. The zero-order chi connectivity index (χ0) is 19.3. The zero-order valence-electron chi connectivity index (χ0n) is 14.5. The molecule has 0 saturated heterocycles. The summed E-state index contributed by atoms with van der Waals surface area (Å²) in [6, 6.07) is 21.6. The van der Waals surface area contributed by atoms with Gasteiger partial charge in [-0.1, -0.05) is 47.6 Å². The van der Waals surface area contributed by atoms with E-state index in [-0.39, 0.29) is 29.0 Å². The molecule has 0 unspecified atom stereocenters. The first-order valence-electron chi connectivity index (χ1n) is 8.42. The number of ether oxygens (including phenoxy) is 1. The quantitative estimate of drug-likeness (QED) is 0.536. The Labute approximate surface area is 159 Å². The molecule has 0 radical (unpaired) electrons. The highest BCUT2D eigenvalue weighted by Crippen LogP contribution is 2.28. The summed E-state index contributed by atoms with van der Waals surface area (Å²) in [4.78, 5) is 12.6. The van der Waals surface area contributed by atoms with Gasteiger partial charge in [-0.3, -0.25) is 10.1 Å². The molecule has 0 aliphatic heterocycles. The number of para-hydroxylation sites is 2. The van der Waals surface area contributed by atoms with Crippen LogP contribution < -0.4 is 10.1 Å². The summed E-state index contributed by atoms with van der Waals surface area (Å²) in [6.07, 6.45) is 0. The molecule has 4 rings (SSSR count). The Hall–Kier alpha value is -4.00. The maximum atomic E-state index is 13.9. The van der Waals surface area contributed by atoms with Gasteiger partial charge in [0, 0.05) is 5.56 Å². The molecule has 6 nitrogen and oxygen atoms in total. The van der Waals surface area contributed by atoms with Crippen LogP contribution >= 0.6 is 0 Å². The van der Waals surface area contributed by atoms with Crippen LogP contribution in [0.25, 0.3) is 11.5 Å². The van der Waals surface area contributed by atoms with Crippen molar-refractivity contribution >= 4 is 11.9 Å². The Morgan fingerprint density at radius 2 is 1.54 bits per heavy atom. The lowest BCUT2D eigenvalue weighted by molar-refractivity contribution is 0.102. The minimum absolute atomic E-state index is 0.0203. The fourth-order valence-corrected chi connectivity index (χ4v) is 2.52. The number of aromatic nitrogens is 2. The number of rotatable bonds is 5. The molecule has 0 bridgehead atoms. The second kappa shape index (κ2) is 7.71. The van der Waals surface area contributed by atoms with Gasteiger partial charge in [0.25, 0.3) is 5.91 Å². The van der Waals surface area contributed by atoms with Crippen molar-refractivity contribution in [2.24, 2.45) is 0 Å². The number of nitrogens with one attached hydrogen (secondary N) is 1. The molecule has 1 aromatic heterocycles. The van der Waals surface area contributed by atoms with E-state index in [1.54, 1.807) is 36.4 Å². The molecule has 0 aliphatic rings. The Balaban J connectivity index is 1.55. The van der Waals surface area contributed by atoms with Crippen LogP contribution in [0.1, 0.15) is 10.4 Å². The van der Waals surface area contributed by atoms with Gasteiger partial charge in [0.2, 0.25) is 5.89 Å². The Bertz CT molecular complexity index is 1110. The highest BCUT2D eigenvalue weighted by atomic mass is 19.1. The summed E-state index contributed by atoms with van der Waals surface area (Å²) in [5.41, 5.74) is 0.934. The van der Waals surface area contributed by atoms with Crippen molar-refractivity contribution in [3.05, 3.63) is 90.2 Å². The molecule has 0 fully saturated rings. The fourth-order valence-electron chi connectivity index (χ4n) is 2.52. The van der Waals surface area contributed by atoms with E-state index in [0.717, 1.165) is 5.56 Å². The van der Waals surface area contributed by atoms with Crippen molar-refractivity contribution in [2.45, 2.75) is 0 Å². The molecular formula is C21H14FN3O3. The Morgan fingerprint density at radius 1 is 0.857 bits per heavy atom. The van der Waals surface area contributed by atoms with Gasteiger partial charge in [-0.05, 0) is 36.4 Å². The van der Waals surface area contributed by atoms with Gasteiger partial charge in [-0.25, -0.2) is 4.39 Å². The largest absolute Gasteiger partial charge is 0.453 e. The molecule has 0 aliphatic carbocycles.